The van der Waals surface area contributed by atoms with Gasteiger partial charge in [-0.1, -0.05) is 6.08 Å². The fraction of sp³-hybridized carbons (Fsp3) is 0.500. The zero-order valence-electron chi connectivity index (χ0n) is 5.81. The number of allylic oxidation sites excluding steroid dienone is 3. The molecule has 0 aromatic heterocycles. The quantitative estimate of drug-likeness (QED) is 0.624. The first-order chi connectivity index (χ1) is 4.83. The van der Waals surface area contributed by atoms with E-state index in [1.54, 1.807) is 0 Å². The van der Waals surface area contributed by atoms with Gasteiger partial charge in [-0.2, -0.15) is 0 Å². The van der Waals surface area contributed by atoms with Crippen LogP contribution in [-0.2, 0) is 0 Å². The Morgan fingerprint density at radius 2 is 2.40 bits per heavy atom. The van der Waals surface area contributed by atoms with Gasteiger partial charge in [-0.15, -0.1) is 0 Å². The van der Waals surface area contributed by atoms with Crippen LogP contribution in [-0.4, -0.2) is 11.7 Å². The molecular formula is C8H11FO. The molecule has 0 saturated heterocycles. The maximum atomic E-state index is 12.5. The van der Waals surface area contributed by atoms with Gasteiger partial charge >= 0.3 is 0 Å². The normalized spacial score (nSPS) is 18.2. The summed E-state index contributed by atoms with van der Waals surface area (Å²) in [7, 11) is 0. The second-order valence-electron chi connectivity index (χ2n) is 2.38. The highest BCUT2D eigenvalue weighted by Crippen LogP contribution is 2.19. The lowest BCUT2D eigenvalue weighted by Crippen LogP contribution is -1.91. The van der Waals surface area contributed by atoms with Gasteiger partial charge in [0.25, 0.3) is 0 Å². The van der Waals surface area contributed by atoms with Gasteiger partial charge in [0.1, 0.15) is 5.83 Å². The molecule has 1 nitrogen and oxygen atoms in total. The molecule has 1 rings (SSSR count). The highest BCUT2D eigenvalue weighted by atomic mass is 19.1. The molecule has 0 aromatic carbocycles. The molecule has 2 heteroatoms. The van der Waals surface area contributed by atoms with Crippen LogP contribution < -0.4 is 0 Å². The molecule has 0 heterocycles. The summed E-state index contributed by atoms with van der Waals surface area (Å²) in [5.74, 6) is -0.0639. The third kappa shape index (κ3) is 1.95. The molecule has 10 heavy (non-hydrogen) atoms. The molecule has 0 aliphatic heterocycles. The summed E-state index contributed by atoms with van der Waals surface area (Å²) >= 11 is 0. The Hall–Kier alpha value is -0.630. The monoisotopic (exact) mass is 142 g/mol. The van der Waals surface area contributed by atoms with E-state index in [0.29, 0.717) is 12.8 Å². The van der Waals surface area contributed by atoms with E-state index in [1.807, 2.05) is 6.08 Å². The number of hydrogen-bond donors (Lipinski definition) is 1. The zero-order chi connectivity index (χ0) is 7.40. The Bertz CT molecular complexity index is 170. The minimum atomic E-state index is -0.0639. The van der Waals surface area contributed by atoms with E-state index < -0.39 is 0 Å². The van der Waals surface area contributed by atoms with E-state index in [1.165, 1.54) is 6.08 Å². The van der Waals surface area contributed by atoms with Gasteiger partial charge in [0.15, 0.2) is 0 Å². The third-order valence-corrected chi connectivity index (χ3v) is 1.53. The van der Waals surface area contributed by atoms with Gasteiger partial charge in [0.05, 0.1) is 0 Å². The average Bonchev–Trinajstić information content (AvgIpc) is 1.88. The van der Waals surface area contributed by atoms with Crippen molar-refractivity contribution in [2.45, 2.75) is 19.3 Å². The first-order valence-corrected chi connectivity index (χ1v) is 3.49. The van der Waals surface area contributed by atoms with Gasteiger partial charge in [-0.25, -0.2) is 4.39 Å². The third-order valence-electron chi connectivity index (χ3n) is 1.53. The molecule has 0 radical (unpaired) electrons. The van der Waals surface area contributed by atoms with Crippen LogP contribution in [0.5, 0.6) is 0 Å². The van der Waals surface area contributed by atoms with E-state index in [9.17, 15) is 4.39 Å². The summed E-state index contributed by atoms with van der Waals surface area (Å²) in [5, 5.41) is 8.51. The van der Waals surface area contributed by atoms with Crippen LogP contribution in [0.3, 0.4) is 0 Å². The van der Waals surface area contributed by atoms with Gasteiger partial charge < -0.3 is 5.11 Å². The van der Waals surface area contributed by atoms with Crippen molar-refractivity contribution in [2.24, 2.45) is 0 Å². The molecule has 0 spiro atoms. The lowest BCUT2D eigenvalue weighted by molar-refractivity contribution is 0.300. The molecule has 0 unspecified atom stereocenters. The number of aliphatic hydroxyl groups is 1. The second-order valence-corrected chi connectivity index (χ2v) is 2.38. The van der Waals surface area contributed by atoms with Gasteiger partial charge in [-0.3, -0.25) is 0 Å². The van der Waals surface area contributed by atoms with E-state index in [-0.39, 0.29) is 12.4 Å². The van der Waals surface area contributed by atoms with Crippen LogP contribution in [0, 0.1) is 0 Å². The van der Waals surface area contributed by atoms with Crippen LogP contribution >= 0.6 is 0 Å². The van der Waals surface area contributed by atoms with Crippen LogP contribution in [0.25, 0.3) is 0 Å². The van der Waals surface area contributed by atoms with E-state index >= 15 is 0 Å². The fourth-order valence-corrected chi connectivity index (χ4v) is 1.03. The Balaban J connectivity index is 2.51. The number of aliphatic hydroxyl groups excluding tert-OH is 1. The maximum absolute atomic E-state index is 12.5. The van der Waals surface area contributed by atoms with Crippen molar-refractivity contribution in [1.29, 1.82) is 0 Å². The van der Waals surface area contributed by atoms with Gasteiger partial charge in [0.2, 0.25) is 0 Å². The van der Waals surface area contributed by atoms with Crippen molar-refractivity contribution in [3.63, 3.8) is 0 Å². The summed E-state index contributed by atoms with van der Waals surface area (Å²) in [6.07, 6.45) is 5.36. The van der Waals surface area contributed by atoms with Crippen molar-refractivity contribution >= 4 is 0 Å². The average molecular weight is 142 g/mol. The molecule has 1 N–H and O–H groups in total. The molecule has 1 aliphatic rings. The fourth-order valence-electron chi connectivity index (χ4n) is 1.03. The topological polar surface area (TPSA) is 20.2 Å². The van der Waals surface area contributed by atoms with Crippen molar-refractivity contribution in [2.75, 3.05) is 6.61 Å². The van der Waals surface area contributed by atoms with Gasteiger partial charge in [-0.05, 0) is 24.5 Å². The van der Waals surface area contributed by atoms with Gasteiger partial charge in [0, 0.05) is 13.0 Å². The predicted octanol–water partition coefficient (Wildman–Crippen LogP) is 1.94. The molecule has 0 saturated carbocycles. The van der Waals surface area contributed by atoms with Crippen molar-refractivity contribution in [3.8, 4) is 0 Å². The summed E-state index contributed by atoms with van der Waals surface area (Å²) in [4.78, 5) is 0. The first kappa shape index (κ1) is 7.48. The smallest absolute Gasteiger partial charge is 0.100 e. The molecular weight excluding hydrogens is 131 g/mol. The van der Waals surface area contributed by atoms with Crippen molar-refractivity contribution < 1.29 is 9.50 Å². The van der Waals surface area contributed by atoms with Crippen LogP contribution in [0.4, 0.5) is 4.39 Å². The highest BCUT2D eigenvalue weighted by molar-refractivity contribution is 5.24. The van der Waals surface area contributed by atoms with Crippen molar-refractivity contribution in [1.82, 2.24) is 0 Å². The highest BCUT2D eigenvalue weighted by Gasteiger charge is 2.02. The molecule has 0 bridgehead atoms. The summed E-state index contributed by atoms with van der Waals surface area (Å²) < 4.78 is 12.5. The standard InChI is InChI=1S/C8H11FO/c9-8-3-1-2-7(6-8)4-5-10/h2,6,10H,1,3-5H2. The second kappa shape index (κ2) is 3.52. The minimum Gasteiger partial charge on any atom is -0.396 e. The number of rotatable bonds is 2. The maximum Gasteiger partial charge on any atom is 0.100 e. The Morgan fingerprint density at radius 3 is 3.00 bits per heavy atom. The SMILES string of the molecule is OCCC1=CCCC(F)=C1. The Morgan fingerprint density at radius 1 is 1.60 bits per heavy atom. The lowest BCUT2D eigenvalue weighted by atomic mass is 10.0. The molecule has 0 aromatic rings. The zero-order valence-corrected chi connectivity index (χ0v) is 5.81. The molecule has 0 amide bonds. The van der Waals surface area contributed by atoms with Crippen LogP contribution in [0.2, 0.25) is 0 Å². The Kier molecular flexibility index (Phi) is 2.63. The van der Waals surface area contributed by atoms with E-state index in [2.05, 4.69) is 0 Å². The summed E-state index contributed by atoms with van der Waals surface area (Å²) in [6, 6.07) is 0. The van der Waals surface area contributed by atoms with E-state index in [4.69, 9.17) is 5.11 Å². The minimum absolute atomic E-state index is 0.0639. The number of hydrogen-bond acceptors (Lipinski definition) is 1. The summed E-state index contributed by atoms with van der Waals surface area (Å²) in [5.41, 5.74) is 0.922. The Labute approximate surface area is 59.9 Å². The van der Waals surface area contributed by atoms with Crippen LogP contribution in [0.1, 0.15) is 19.3 Å². The largest absolute Gasteiger partial charge is 0.396 e. The molecule has 0 fully saturated rings. The van der Waals surface area contributed by atoms with Crippen molar-refractivity contribution in [3.05, 3.63) is 23.6 Å². The summed E-state index contributed by atoms with van der Waals surface area (Å²) in [6.45, 7) is 0.107. The number of halogens is 1. The molecule has 0 atom stereocenters. The first-order valence-electron chi connectivity index (χ1n) is 3.49. The van der Waals surface area contributed by atoms with E-state index in [0.717, 1.165) is 12.0 Å². The molecule has 1 aliphatic carbocycles. The van der Waals surface area contributed by atoms with Crippen LogP contribution in [0.15, 0.2) is 23.6 Å². The predicted molar refractivity (Wildman–Crippen MR) is 38.2 cm³/mol. The lowest BCUT2D eigenvalue weighted by Gasteiger charge is -2.05. The molecule has 56 valence electrons.